The van der Waals surface area contributed by atoms with Gasteiger partial charge >= 0.3 is 5.97 Å². The van der Waals surface area contributed by atoms with Gasteiger partial charge in [0, 0.05) is 6.42 Å². The van der Waals surface area contributed by atoms with E-state index in [1.807, 2.05) is 30.3 Å². The third-order valence-electron chi connectivity index (χ3n) is 2.53. The zero-order valence-electron chi connectivity index (χ0n) is 11.0. The molecule has 0 aliphatic heterocycles. The molecule has 0 bridgehead atoms. The average Bonchev–Trinajstić information content (AvgIpc) is 2.37. The highest BCUT2D eigenvalue weighted by Gasteiger charge is 2.14. The highest BCUT2D eigenvalue weighted by Crippen LogP contribution is 2.08. The summed E-state index contributed by atoms with van der Waals surface area (Å²) in [6.45, 7) is 2.00. The van der Waals surface area contributed by atoms with Gasteiger partial charge in [0.1, 0.15) is 0 Å². The van der Waals surface area contributed by atoms with Gasteiger partial charge in [0.2, 0.25) is 0 Å². The van der Waals surface area contributed by atoms with Gasteiger partial charge in [-0.15, -0.1) is 0 Å². The second kappa shape index (κ2) is 8.45. The van der Waals surface area contributed by atoms with Crippen molar-refractivity contribution in [1.29, 1.82) is 0 Å². The topological polar surface area (TPSA) is 66.8 Å². The Morgan fingerprint density at radius 3 is 2.63 bits per heavy atom. The first-order chi connectivity index (χ1) is 9.11. The van der Waals surface area contributed by atoms with Crippen molar-refractivity contribution in [1.82, 2.24) is 0 Å². The Kier molecular flexibility index (Phi) is 6.85. The van der Waals surface area contributed by atoms with Crippen LogP contribution in [0.15, 0.2) is 36.4 Å². The zero-order chi connectivity index (χ0) is 14.1. The van der Waals surface area contributed by atoms with Crippen LogP contribution in [0.2, 0.25) is 0 Å². The van der Waals surface area contributed by atoms with Crippen molar-refractivity contribution in [3.8, 4) is 0 Å². The van der Waals surface area contributed by atoms with Crippen molar-refractivity contribution in [2.75, 3.05) is 6.61 Å². The first-order valence-electron chi connectivity index (χ1n) is 6.36. The Bertz CT molecular complexity index is 400. The Morgan fingerprint density at radius 1 is 1.32 bits per heavy atom. The lowest BCUT2D eigenvalue weighted by atomic mass is 10.1. The number of ether oxygens (including phenoxy) is 1. The molecule has 4 heteroatoms. The highest BCUT2D eigenvalue weighted by atomic mass is 16.5. The van der Waals surface area contributed by atoms with Gasteiger partial charge in [-0.3, -0.25) is 4.79 Å². The van der Waals surface area contributed by atoms with Gasteiger partial charge in [0.15, 0.2) is 0 Å². The summed E-state index contributed by atoms with van der Waals surface area (Å²) in [5.41, 5.74) is 0.974. The number of rotatable bonds is 7. The molecule has 2 atom stereocenters. The molecular formula is C15H20O4. The summed E-state index contributed by atoms with van der Waals surface area (Å²) in [7, 11) is 0. The summed E-state index contributed by atoms with van der Waals surface area (Å²) in [6, 6.07) is 9.55. The van der Waals surface area contributed by atoms with E-state index in [0.29, 0.717) is 6.61 Å². The molecule has 0 amide bonds. The van der Waals surface area contributed by atoms with E-state index in [2.05, 4.69) is 0 Å². The van der Waals surface area contributed by atoms with Gasteiger partial charge in [-0.25, -0.2) is 0 Å². The minimum absolute atomic E-state index is 0.0932. The quantitative estimate of drug-likeness (QED) is 0.736. The Labute approximate surface area is 113 Å². The molecule has 0 heterocycles. The second-order valence-corrected chi connectivity index (χ2v) is 4.24. The molecule has 0 saturated carbocycles. The third kappa shape index (κ3) is 6.74. The number of carbonyl (C=O) groups excluding carboxylic acids is 1. The van der Waals surface area contributed by atoms with E-state index in [0.717, 1.165) is 5.56 Å². The summed E-state index contributed by atoms with van der Waals surface area (Å²) in [4.78, 5) is 11.1. The maximum absolute atomic E-state index is 11.1. The number of carbonyl (C=O) groups is 1. The maximum atomic E-state index is 11.1. The van der Waals surface area contributed by atoms with Crippen molar-refractivity contribution in [3.05, 3.63) is 42.0 Å². The predicted molar refractivity (Wildman–Crippen MR) is 73.4 cm³/mol. The van der Waals surface area contributed by atoms with Crippen molar-refractivity contribution >= 4 is 12.0 Å². The molecule has 0 radical (unpaired) electrons. The van der Waals surface area contributed by atoms with Gasteiger partial charge in [-0.05, 0) is 12.5 Å². The lowest BCUT2D eigenvalue weighted by molar-refractivity contribution is -0.145. The number of esters is 1. The van der Waals surface area contributed by atoms with Gasteiger partial charge < -0.3 is 14.9 Å². The van der Waals surface area contributed by atoms with E-state index in [9.17, 15) is 15.0 Å². The molecule has 19 heavy (non-hydrogen) atoms. The molecule has 0 aliphatic carbocycles. The maximum Gasteiger partial charge on any atom is 0.308 e. The number of benzene rings is 1. The number of aliphatic hydroxyl groups is 2. The first kappa shape index (κ1) is 15.4. The molecule has 1 rings (SSSR count). The van der Waals surface area contributed by atoms with Gasteiger partial charge in [0.25, 0.3) is 0 Å². The Hall–Kier alpha value is -1.65. The standard InChI is InChI=1S/C15H20O4/c1-2-19-15(18)11-14(17)10-13(16)9-8-12-6-4-3-5-7-12/h3-9,13-14,16-17H,2,10-11H2,1H3/b9-8+/t13-,14+/m1/s1. The SMILES string of the molecule is CCOC(=O)C[C@@H](O)C[C@H](O)/C=C/c1ccccc1. The molecule has 0 unspecified atom stereocenters. The largest absolute Gasteiger partial charge is 0.466 e. The minimum atomic E-state index is -0.894. The van der Waals surface area contributed by atoms with Crippen LogP contribution >= 0.6 is 0 Å². The van der Waals surface area contributed by atoms with Crippen molar-refractivity contribution in [2.24, 2.45) is 0 Å². The van der Waals surface area contributed by atoms with Crippen LogP contribution in [0.4, 0.5) is 0 Å². The second-order valence-electron chi connectivity index (χ2n) is 4.24. The van der Waals surface area contributed by atoms with Crippen LogP contribution in [0.5, 0.6) is 0 Å². The summed E-state index contributed by atoms with van der Waals surface area (Å²) < 4.78 is 4.72. The van der Waals surface area contributed by atoms with Crippen LogP contribution in [-0.2, 0) is 9.53 Å². The Morgan fingerprint density at radius 2 is 2.00 bits per heavy atom. The van der Waals surface area contributed by atoms with Crippen LogP contribution in [-0.4, -0.2) is 35.0 Å². The summed E-state index contributed by atoms with van der Waals surface area (Å²) in [5, 5.41) is 19.3. The smallest absolute Gasteiger partial charge is 0.308 e. The van der Waals surface area contributed by atoms with Crippen molar-refractivity contribution < 1.29 is 19.7 Å². The Balaban J connectivity index is 2.36. The predicted octanol–water partition coefficient (Wildman–Crippen LogP) is 1.76. The first-order valence-corrected chi connectivity index (χ1v) is 6.36. The molecule has 1 aromatic rings. The van der Waals surface area contributed by atoms with Gasteiger partial charge in [-0.1, -0.05) is 42.5 Å². The van der Waals surface area contributed by atoms with Crippen LogP contribution in [0.25, 0.3) is 6.08 Å². The zero-order valence-corrected chi connectivity index (χ0v) is 11.0. The highest BCUT2D eigenvalue weighted by molar-refractivity contribution is 5.69. The van der Waals surface area contributed by atoms with E-state index < -0.39 is 18.2 Å². The van der Waals surface area contributed by atoms with Gasteiger partial charge in [0.05, 0.1) is 25.2 Å². The monoisotopic (exact) mass is 264 g/mol. The lowest BCUT2D eigenvalue weighted by Gasteiger charge is -2.12. The average molecular weight is 264 g/mol. The number of aliphatic hydroxyl groups excluding tert-OH is 2. The normalized spacial score (nSPS) is 14.3. The minimum Gasteiger partial charge on any atom is -0.466 e. The van der Waals surface area contributed by atoms with E-state index in [1.54, 1.807) is 19.1 Å². The molecule has 0 saturated heterocycles. The summed E-state index contributed by atoms with van der Waals surface area (Å²) in [5.74, 6) is -0.450. The number of hydrogen-bond donors (Lipinski definition) is 2. The van der Waals surface area contributed by atoms with Crippen molar-refractivity contribution in [2.45, 2.75) is 32.0 Å². The molecule has 1 aromatic carbocycles. The summed E-state index contributed by atoms with van der Waals surface area (Å²) >= 11 is 0. The summed E-state index contributed by atoms with van der Waals surface area (Å²) in [6.07, 6.45) is 1.72. The molecule has 4 nitrogen and oxygen atoms in total. The fourth-order valence-electron chi connectivity index (χ4n) is 1.64. The van der Waals surface area contributed by atoms with Crippen LogP contribution in [0, 0.1) is 0 Å². The van der Waals surface area contributed by atoms with Crippen LogP contribution < -0.4 is 0 Å². The van der Waals surface area contributed by atoms with E-state index in [-0.39, 0.29) is 12.8 Å². The van der Waals surface area contributed by atoms with Gasteiger partial charge in [-0.2, -0.15) is 0 Å². The molecule has 0 aliphatic rings. The molecule has 0 fully saturated rings. The molecular weight excluding hydrogens is 244 g/mol. The molecule has 0 aromatic heterocycles. The van der Waals surface area contributed by atoms with E-state index >= 15 is 0 Å². The van der Waals surface area contributed by atoms with E-state index in [4.69, 9.17) is 4.74 Å². The fraction of sp³-hybridized carbons (Fsp3) is 0.400. The number of hydrogen-bond acceptors (Lipinski definition) is 4. The molecule has 0 spiro atoms. The third-order valence-corrected chi connectivity index (χ3v) is 2.53. The lowest BCUT2D eigenvalue weighted by Crippen LogP contribution is -2.20. The molecule has 104 valence electrons. The molecule has 2 N–H and O–H groups in total. The van der Waals surface area contributed by atoms with Crippen molar-refractivity contribution in [3.63, 3.8) is 0 Å². The van der Waals surface area contributed by atoms with Crippen LogP contribution in [0.3, 0.4) is 0 Å². The fourth-order valence-corrected chi connectivity index (χ4v) is 1.64. The van der Waals surface area contributed by atoms with E-state index in [1.165, 1.54) is 0 Å². The van der Waals surface area contributed by atoms with Crippen LogP contribution in [0.1, 0.15) is 25.3 Å².